The standard InChI is InChI=1S/C13H17ClN2O2/c1-16-7-8-4-10(5-8)18-12-6-9(14)2-3-11(12)13(15)17/h2-3,6,8,10,16H,4-5,7H2,1H3,(H2,15,17). The van der Waals surface area contributed by atoms with Crippen LogP contribution in [0.5, 0.6) is 5.75 Å². The van der Waals surface area contributed by atoms with Crippen molar-refractivity contribution in [3.63, 3.8) is 0 Å². The fourth-order valence-corrected chi connectivity index (χ4v) is 2.36. The van der Waals surface area contributed by atoms with Crippen molar-refractivity contribution in [1.82, 2.24) is 5.32 Å². The molecule has 0 radical (unpaired) electrons. The van der Waals surface area contributed by atoms with Crippen molar-refractivity contribution in [2.45, 2.75) is 18.9 Å². The van der Waals surface area contributed by atoms with Gasteiger partial charge in [0.25, 0.3) is 5.91 Å². The highest BCUT2D eigenvalue weighted by molar-refractivity contribution is 6.30. The van der Waals surface area contributed by atoms with Gasteiger partial charge >= 0.3 is 0 Å². The molecule has 0 unspecified atom stereocenters. The molecule has 0 saturated heterocycles. The maximum atomic E-state index is 11.3. The molecule has 0 atom stereocenters. The molecule has 1 aliphatic carbocycles. The first kappa shape index (κ1) is 13.2. The highest BCUT2D eigenvalue weighted by atomic mass is 35.5. The quantitative estimate of drug-likeness (QED) is 0.856. The predicted molar refractivity (Wildman–Crippen MR) is 71.0 cm³/mol. The number of hydrogen-bond donors (Lipinski definition) is 2. The Kier molecular flexibility index (Phi) is 4.09. The van der Waals surface area contributed by atoms with Crippen LogP contribution in [0.15, 0.2) is 18.2 Å². The number of ether oxygens (including phenoxy) is 1. The number of carbonyl (C=O) groups is 1. The number of hydrogen-bond acceptors (Lipinski definition) is 3. The van der Waals surface area contributed by atoms with Crippen molar-refractivity contribution in [2.24, 2.45) is 11.7 Å². The minimum absolute atomic E-state index is 0.153. The van der Waals surface area contributed by atoms with E-state index in [9.17, 15) is 4.79 Å². The van der Waals surface area contributed by atoms with Gasteiger partial charge in [0.2, 0.25) is 0 Å². The summed E-state index contributed by atoms with van der Waals surface area (Å²) in [5.41, 5.74) is 5.69. The van der Waals surface area contributed by atoms with Crippen LogP contribution in [0, 0.1) is 5.92 Å². The van der Waals surface area contributed by atoms with Crippen LogP contribution in [0.2, 0.25) is 5.02 Å². The third kappa shape index (κ3) is 2.94. The van der Waals surface area contributed by atoms with Gasteiger partial charge in [0, 0.05) is 5.02 Å². The Morgan fingerprint density at radius 3 is 2.89 bits per heavy atom. The van der Waals surface area contributed by atoms with Gasteiger partial charge in [0.1, 0.15) is 5.75 Å². The zero-order valence-electron chi connectivity index (χ0n) is 10.3. The largest absolute Gasteiger partial charge is 0.490 e. The van der Waals surface area contributed by atoms with E-state index in [1.807, 2.05) is 7.05 Å². The van der Waals surface area contributed by atoms with Gasteiger partial charge in [-0.15, -0.1) is 0 Å². The summed E-state index contributed by atoms with van der Waals surface area (Å²) in [7, 11) is 1.94. The second kappa shape index (κ2) is 5.59. The van der Waals surface area contributed by atoms with Gasteiger partial charge in [-0.2, -0.15) is 0 Å². The van der Waals surface area contributed by atoms with E-state index in [0.29, 0.717) is 22.3 Å². The second-order valence-electron chi connectivity index (χ2n) is 4.64. The molecule has 1 amide bonds. The highest BCUT2D eigenvalue weighted by Gasteiger charge is 2.30. The van der Waals surface area contributed by atoms with Crippen LogP contribution in [-0.4, -0.2) is 25.6 Å². The lowest BCUT2D eigenvalue weighted by molar-refractivity contribution is 0.0643. The molecule has 0 aliphatic heterocycles. The minimum atomic E-state index is -0.493. The van der Waals surface area contributed by atoms with Crippen molar-refractivity contribution < 1.29 is 9.53 Å². The Bertz CT molecular complexity index is 445. The number of nitrogens with two attached hydrogens (primary N) is 1. The summed E-state index contributed by atoms with van der Waals surface area (Å²) >= 11 is 5.90. The zero-order chi connectivity index (χ0) is 13.1. The van der Waals surface area contributed by atoms with Gasteiger partial charge in [0.05, 0.1) is 11.7 Å². The lowest BCUT2D eigenvalue weighted by atomic mass is 9.82. The van der Waals surface area contributed by atoms with Crippen LogP contribution in [0.1, 0.15) is 23.2 Å². The lowest BCUT2D eigenvalue weighted by Crippen LogP contribution is -2.39. The normalized spacial score (nSPS) is 22.3. The summed E-state index contributed by atoms with van der Waals surface area (Å²) in [6.07, 6.45) is 2.14. The van der Waals surface area contributed by atoms with Crippen LogP contribution in [0.3, 0.4) is 0 Å². The van der Waals surface area contributed by atoms with E-state index in [1.54, 1.807) is 18.2 Å². The Balaban J connectivity index is 2.01. The Labute approximate surface area is 111 Å². The molecule has 1 saturated carbocycles. The van der Waals surface area contributed by atoms with Crippen molar-refractivity contribution in [3.05, 3.63) is 28.8 Å². The number of rotatable bonds is 5. The summed E-state index contributed by atoms with van der Waals surface area (Å²) in [5.74, 6) is 0.645. The molecular formula is C13H17ClN2O2. The van der Waals surface area contributed by atoms with Crippen molar-refractivity contribution in [1.29, 1.82) is 0 Å². The first-order chi connectivity index (χ1) is 8.60. The van der Waals surface area contributed by atoms with E-state index in [1.165, 1.54) is 0 Å². The van der Waals surface area contributed by atoms with Crippen molar-refractivity contribution in [2.75, 3.05) is 13.6 Å². The summed E-state index contributed by atoms with van der Waals surface area (Å²) in [6.45, 7) is 0.998. The Hall–Kier alpha value is -1.26. The average Bonchev–Trinajstić information content (AvgIpc) is 2.26. The van der Waals surface area contributed by atoms with Crippen LogP contribution >= 0.6 is 11.6 Å². The van der Waals surface area contributed by atoms with Gasteiger partial charge in [-0.05, 0) is 50.6 Å². The fraction of sp³-hybridized carbons (Fsp3) is 0.462. The molecule has 98 valence electrons. The number of nitrogens with one attached hydrogen (secondary N) is 1. The third-order valence-corrected chi connectivity index (χ3v) is 3.42. The van der Waals surface area contributed by atoms with Crippen LogP contribution in [0.4, 0.5) is 0 Å². The fourth-order valence-electron chi connectivity index (χ4n) is 2.20. The average molecular weight is 269 g/mol. The van der Waals surface area contributed by atoms with Crippen LogP contribution in [-0.2, 0) is 0 Å². The first-order valence-electron chi connectivity index (χ1n) is 6.00. The number of amides is 1. The number of benzene rings is 1. The van der Waals surface area contributed by atoms with E-state index in [2.05, 4.69) is 5.32 Å². The monoisotopic (exact) mass is 268 g/mol. The number of halogens is 1. The molecule has 3 N–H and O–H groups in total. The van der Waals surface area contributed by atoms with Crippen molar-refractivity contribution >= 4 is 17.5 Å². The van der Waals surface area contributed by atoms with E-state index in [0.717, 1.165) is 19.4 Å². The maximum absolute atomic E-state index is 11.3. The summed E-state index contributed by atoms with van der Waals surface area (Å²) in [5, 5.41) is 3.68. The molecular weight excluding hydrogens is 252 g/mol. The predicted octanol–water partition coefficient (Wildman–Crippen LogP) is 1.82. The molecule has 1 aromatic carbocycles. The SMILES string of the molecule is CNCC1CC(Oc2cc(Cl)ccc2C(N)=O)C1. The molecule has 2 rings (SSSR count). The molecule has 1 aliphatic rings. The van der Waals surface area contributed by atoms with Crippen molar-refractivity contribution in [3.8, 4) is 5.75 Å². The van der Waals surface area contributed by atoms with Crippen LogP contribution in [0.25, 0.3) is 0 Å². The lowest BCUT2D eigenvalue weighted by Gasteiger charge is -2.35. The number of carbonyl (C=O) groups excluding carboxylic acids is 1. The topological polar surface area (TPSA) is 64.3 Å². The van der Waals surface area contributed by atoms with Gasteiger partial charge in [-0.3, -0.25) is 4.79 Å². The van der Waals surface area contributed by atoms with Gasteiger partial charge in [-0.25, -0.2) is 0 Å². The van der Waals surface area contributed by atoms with Gasteiger partial charge < -0.3 is 15.8 Å². The summed E-state index contributed by atoms with van der Waals surface area (Å²) in [4.78, 5) is 11.3. The molecule has 18 heavy (non-hydrogen) atoms. The van der Waals surface area contributed by atoms with E-state index in [-0.39, 0.29) is 6.10 Å². The molecule has 5 heteroatoms. The van der Waals surface area contributed by atoms with E-state index >= 15 is 0 Å². The summed E-state index contributed by atoms with van der Waals surface area (Å²) in [6, 6.07) is 4.88. The van der Waals surface area contributed by atoms with Gasteiger partial charge in [-0.1, -0.05) is 11.6 Å². The molecule has 0 aromatic heterocycles. The Morgan fingerprint density at radius 2 is 2.28 bits per heavy atom. The maximum Gasteiger partial charge on any atom is 0.252 e. The second-order valence-corrected chi connectivity index (χ2v) is 5.08. The molecule has 0 spiro atoms. The smallest absolute Gasteiger partial charge is 0.252 e. The first-order valence-corrected chi connectivity index (χ1v) is 6.38. The zero-order valence-corrected chi connectivity index (χ0v) is 11.0. The highest BCUT2D eigenvalue weighted by Crippen LogP contribution is 2.33. The molecule has 1 aromatic rings. The molecule has 0 bridgehead atoms. The van der Waals surface area contributed by atoms with Gasteiger partial charge in [0.15, 0.2) is 0 Å². The summed E-state index contributed by atoms with van der Waals surface area (Å²) < 4.78 is 5.79. The van der Waals surface area contributed by atoms with Crippen LogP contribution < -0.4 is 15.8 Å². The van der Waals surface area contributed by atoms with E-state index in [4.69, 9.17) is 22.1 Å². The minimum Gasteiger partial charge on any atom is -0.490 e. The Morgan fingerprint density at radius 1 is 1.56 bits per heavy atom. The van der Waals surface area contributed by atoms with E-state index < -0.39 is 5.91 Å². The third-order valence-electron chi connectivity index (χ3n) is 3.19. The molecule has 4 nitrogen and oxygen atoms in total. The molecule has 1 fully saturated rings. The molecule has 0 heterocycles. The number of primary amides is 1.